The summed E-state index contributed by atoms with van der Waals surface area (Å²) in [5.41, 5.74) is 1.93. The van der Waals surface area contributed by atoms with E-state index >= 15 is 0 Å². The van der Waals surface area contributed by atoms with Crippen molar-refractivity contribution in [3.63, 3.8) is 0 Å². The number of nitrogens with zero attached hydrogens (tertiary/aromatic N) is 2. The number of rotatable bonds is 8. The zero-order valence-corrected chi connectivity index (χ0v) is 19.6. The van der Waals surface area contributed by atoms with Gasteiger partial charge in [0.1, 0.15) is 5.15 Å². The quantitative estimate of drug-likeness (QED) is 0.345. The molecule has 0 bridgehead atoms. The lowest BCUT2D eigenvalue weighted by Crippen LogP contribution is -2.42. The molecule has 1 aromatic rings. The van der Waals surface area contributed by atoms with Crippen LogP contribution in [0.25, 0.3) is 0 Å². The molecular formula is C20H35ClN2O3Si. The maximum absolute atomic E-state index is 6.43. The molecule has 1 aliphatic rings. The third-order valence-corrected chi connectivity index (χ3v) is 10.7. The Labute approximate surface area is 170 Å². The maximum Gasteiger partial charge on any atom is 0.191 e. The van der Waals surface area contributed by atoms with Gasteiger partial charge >= 0.3 is 0 Å². The number of hydrogen-bond donors (Lipinski definition) is 0. The monoisotopic (exact) mass is 414 g/mol. The average molecular weight is 415 g/mol. The number of ether oxygens (including phenoxy) is 2. The molecule has 0 unspecified atom stereocenters. The van der Waals surface area contributed by atoms with Crippen LogP contribution in [0.4, 0.5) is 0 Å². The van der Waals surface area contributed by atoms with Gasteiger partial charge in [-0.25, -0.2) is 4.98 Å². The van der Waals surface area contributed by atoms with Gasteiger partial charge in [0.05, 0.1) is 0 Å². The van der Waals surface area contributed by atoms with Crippen molar-refractivity contribution in [3.05, 3.63) is 28.5 Å². The summed E-state index contributed by atoms with van der Waals surface area (Å²) in [5.74, 6) is 0.584. The van der Waals surface area contributed by atoms with E-state index in [1.807, 2.05) is 6.07 Å². The van der Waals surface area contributed by atoms with E-state index in [1.165, 1.54) is 6.42 Å². The zero-order valence-electron chi connectivity index (χ0n) is 17.8. The van der Waals surface area contributed by atoms with Gasteiger partial charge in [0.15, 0.2) is 14.6 Å². The average Bonchev–Trinajstić information content (AvgIpc) is 3.03. The molecule has 1 atom stereocenters. The second-order valence-electron chi connectivity index (χ2n) is 8.94. The molecule has 0 saturated carbocycles. The van der Waals surface area contributed by atoms with Gasteiger partial charge in [-0.05, 0) is 48.6 Å². The summed E-state index contributed by atoms with van der Waals surface area (Å²) in [6.45, 7) is 15.3. The molecule has 5 nitrogen and oxygen atoms in total. The van der Waals surface area contributed by atoms with Crippen LogP contribution in [0.15, 0.2) is 12.3 Å². The third kappa shape index (κ3) is 5.75. The Morgan fingerprint density at radius 3 is 2.56 bits per heavy atom. The lowest BCUT2D eigenvalue weighted by molar-refractivity contribution is -0.106. The SMILES string of the molecule is COC(OC)c1c(CN2CC[C@@H](CO[Si](C)(C)C(C)(C)C)C2)ccnc1Cl. The molecule has 1 saturated heterocycles. The number of methoxy groups -OCH3 is 2. The van der Waals surface area contributed by atoms with Crippen molar-refractivity contribution >= 4 is 19.9 Å². The first-order chi connectivity index (χ1) is 12.6. The van der Waals surface area contributed by atoms with E-state index in [2.05, 4.69) is 43.7 Å². The molecule has 7 heteroatoms. The van der Waals surface area contributed by atoms with Gasteiger partial charge in [-0.2, -0.15) is 0 Å². The van der Waals surface area contributed by atoms with Crippen LogP contribution in [0.2, 0.25) is 23.3 Å². The van der Waals surface area contributed by atoms with Crippen molar-refractivity contribution < 1.29 is 13.9 Å². The van der Waals surface area contributed by atoms with Crippen molar-refractivity contribution in [3.8, 4) is 0 Å². The standard InChI is InChI=1S/C20H35ClN2O3Si/c1-20(2,3)27(6,7)26-14-15-9-11-23(12-15)13-16-8-10-22-18(21)17(16)19(24-4)25-5/h8,10,15,19H,9,11-14H2,1-7H3/t15-/m1/s1. The molecule has 1 aromatic heterocycles. The molecule has 0 aromatic carbocycles. The highest BCUT2D eigenvalue weighted by Gasteiger charge is 2.38. The normalized spacial score (nSPS) is 19.2. The Morgan fingerprint density at radius 1 is 1.30 bits per heavy atom. The highest BCUT2D eigenvalue weighted by molar-refractivity contribution is 6.74. The molecular weight excluding hydrogens is 380 g/mol. The van der Waals surface area contributed by atoms with Crippen molar-refractivity contribution in [2.75, 3.05) is 33.9 Å². The smallest absolute Gasteiger partial charge is 0.191 e. The summed E-state index contributed by atoms with van der Waals surface area (Å²) in [6, 6.07) is 2.01. The Morgan fingerprint density at radius 2 is 1.96 bits per heavy atom. The largest absolute Gasteiger partial charge is 0.416 e. The summed E-state index contributed by atoms with van der Waals surface area (Å²) >= 11 is 6.33. The molecule has 1 fully saturated rings. The van der Waals surface area contributed by atoms with Gasteiger partial charge in [0.25, 0.3) is 0 Å². The van der Waals surface area contributed by atoms with Crippen molar-refractivity contribution in [1.29, 1.82) is 0 Å². The first-order valence-electron chi connectivity index (χ1n) is 9.64. The summed E-state index contributed by atoms with van der Waals surface area (Å²) < 4.78 is 17.3. The molecule has 0 radical (unpaired) electrons. The first kappa shape index (κ1) is 22.8. The highest BCUT2D eigenvalue weighted by atomic mass is 35.5. The lowest BCUT2D eigenvalue weighted by atomic mass is 10.1. The van der Waals surface area contributed by atoms with Crippen LogP contribution in [0.3, 0.4) is 0 Å². The van der Waals surface area contributed by atoms with Crippen LogP contribution >= 0.6 is 11.6 Å². The van der Waals surface area contributed by atoms with Gasteiger partial charge in [0.2, 0.25) is 0 Å². The Hall–Kier alpha value is -0.503. The van der Waals surface area contributed by atoms with Crippen LogP contribution in [0.1, 0.15) is 44.6 Å². The molecule has 0 amide bonds. The van der Waals surface area contributed by atoms with Gasteiger partial charge < -0.3 is 13.9 Å². The third-order valence-electron chi connectivity index (χ3n) is 5.95. The van der Waals surface area contributed by atoms with Gasteiger partial charge in [-0.3, -0.25) is 4.90 Å². The Bertz CT molecular complexity index is 618. The second-order valence-corrected chi connectivity index (χ2v) is 14.1. The summed E-state index contributed by atoms with van der Waals surface area (Å²) in [6.07, 6.45) is 2.42. The second kappa shape index (κ2) is 9.33. The molecule has 154 valence electrons. The fourth-order valence-electron chi connectivity index (χ4n) is 3.18. The van der Waals surface area contributed by atoms with Gasteiger partial charge in [-0.15, -0.1) is 0 Å². The van der Waals surface area contributed by atoms with Gasteiger partial charge in [0, 0.05) is 45.7 Å². The molecule has 2 rings (SSSR count). The maximum atomic E-state index is 6.43. The molecule has 1 aliphatic heterocycles. The number of hydrogen-bond acceptors (Lipinski definition) is 5. The minimum absolute atomic E-state index is 0.253. The van der Waals surface area contributed by atoms with E-state index in [4.69, 9.17) is 25.5 Å². The number of pyridine rings is 1. The molecule has 0 N–H and O–H groups in total. The van der Waals surface area contributed by atoms with E-state index in [-0.39, 0.29) is 5.04 Å². The summed E-state index contributed by atoms with van der Waals surface area (Å²) in [7, 11) is 1.55. The number of likely N-dealkylation sites (tertiary alicyclic amines) is 1. The Balaban J connectivity index is 1.98. The topological polar surface area (TPSA) is 43.8 Å². The fourth-order valence-corrected chi connectivity index (χ4v) is 4.53. The van der Waals surface area contributed by atoms with Crippen molar-refractivity contribution in [2.45, 2.75) is 58.2 Å². The van der Waals surface area contributed by atoms with Crippen molar-refractivity contribution in [1.82, 2.24) is 9.88 Å². The zero-order chi connectivity index (χ0) is 20.2. The van der Waals surface area contributed by atoms with Crippen LogP contribution < -0.4 is 0 Å². The summed E-state index contributed by atoms with van der Waals surface area (Å²) in [4.78, 5) is 6.65. The van der Waals surface area contributed by atoms with Gasteiger partial charge in [-0.1, -0.05) is 32.4 Å². The van der Waals surface area contributed by atoms with E-state index in [9.17, 15) is 0 Å². The predicted molar refractivity (Wildman–Crippen MR) is 113 cm³/mol. The van der Waals surface area contributed by atoms with Crippen LogP contribution in [0, 0.1) is 5.92 Å². The van der Waals surface area contributed by atoms with Crippen molar-refractivity contribution in [2.24, 2.45) is 5.92 Å². The lowest BCUT2D eigenvalue weighted by Gasteiger charge is -2.37. The van der Waals surface area contributed by atoms with E-state index in [1.54, 1.807) is 20.4 Å². The number of halogens is 1. The molecule has 0 spiro atoms. The molecule has 27 heavy (non-hydrogen) atoms. The summed E-state index contributed by atoms with van der Waals surface area (Å²) in [5, 5.41) is 0.696. The minimum atomic E-state index is -1.69. The fraction of sp³-hybridized carbons (Fsp3) is 0.750. The first-order valence-corrected chi connectivity index (χ1v) is 12.9. The van der Waals surface area contributed by atoms with Crippen LogP contribution in [-0.2, 0) is 20.4 Å². The van der Waals surface area contributed by atoms with E-state index in [0.29, 0.717) is 11.1 Å². The van der Waals surface area contributed by atoms with E-state index < -0.39 is 14.6 Å². The van der Waals surface area contributed by atoms with E-state index in [0.717, 1.165) is 37.4 Å². The molecule has 2 heterocycles. The van der Waals surface area contributed by atoms with Crippen LogP contribution in [0.5, 0.6) is 0 Å². The Kier molecular flexibility index (Phi) is 7.87. The highest BCUT2D eigenvalue weighted by Crippen LogP contribution is 2.37. The minimum Gasteiger partial charge on any atom is -0.416 e. The molecule has 0 aliphatic carbocycles. The predicted octanol–water partition coefficient (Wildman–Crippen LogP) is 4.87. The van der Waals surface area contributed by atoms with Crippen LogP contribution in [-0.4, -0.2) is 52.1 Å². The number of aromatic nitrogens is 1.